The van der Waals surface area contributed by atoms with Crippen molar-refractivity contribution in [2.24, 2.45) is 0 Å². The van der Waals surface area contributed by atoms with E-state index in [2.05, 4.69) is 0 Å². The molecule has 0 atom stereocenters. The summed E-state index contributed by atoms with van der Waals surface area (Å²) in [6.07, 6.45) is 0. The van der Waals surface area contributed by atoms with Gasteiger partial charge in [-0.2, -0.15) is 0 Å². The number of ketones is 1. The van der Waals surface area contributed by atoms with E-state index in [9.17, 15) is 14.4 Å². The number of benzene rings is 1. The molecule has 8 heteroatoms. The highest BCUT2D eigenvalue weighted by Crippen LogP contribution is 2.24. The van der Waals surface area contributed by atoms with Crippen molar-refractivity contribution in [1.82, 2.24) is 14.4 Å². The van der Waals surface area contributed by atoms with Crippen LogP contribution in [0.5, 0.6) is 5.75 Å². The Balaban J connectivity index is 2.41. The van der Waals surface area contributed by atoms with E-state index in [1.807, 2.05) is 32.8 Å². The molecule has 0 unspecified atom stereocenters. The van der Waals surface area contributed by atoms with Gasteiger partial charge in [-0.05, 0) is 58.6 Å². The van der Waals surface area contributed by atoms with Crippen LogP contribution in [0.15, 0.2) is 24.3 Å². The Hall–Kier alpha value is -3.13. The molecule has 2 aromatic rings. The molecular weight excluding hydrogens is 410 g/mol. The smallest absolute Gasteiger partial charge is 0.354 e. The number of carbonyl (C=O) groups is 3. The lowest BCUT2D eigenvalue weighted by Gasteiger charge is -2.24. The van der Waals surface area contributed by atoms with E-state index in [0.717, 1.165) is 0 Å². The Labute approximate surface area is 189 Å². The van der Waals surface area contributed by atoms with Crippen molar-refractivity contribution in [2.75, 3.05) is 47.9 Å². The van der Waals surface area contributed by atoms with Gasteiger partial charge in [-0.3, -0.25) is 9.59 Å². The summed E-state index contributed by atoms with van der Waals surface area (Å²) in [5.74, 6) is -0.377. The van der Waals surface area contributed by atoms with Gasteiger partial charge in [-0.1, -0.05) is 6.07 Å². The molecule has 0 N–H and O–H groups in total. The number of hydrogen-bond acceptors (Lipinski definition) is 6. The minimum Gasteiger partial charge on any atom is -0.497 e. The molecule has 0 saturated heterocycles. The van der Waals surface area contributed by atoms with E-state index in [4.69, 9.17) is 9.47 Å². The van der Waals surface area contributed by atoms with Crippen LogP contribution >= 0.6 is 0 Å². The summed E-state index contributed by atoms with van der Waals surface area (Å²) in [6, 6.07) is 6.88. The van der Waals surface area contributed by atoms with Crippen LogP contribution in [0, 0.1) is 13.8 Å². The molecule has 0 aliphatic carbocycles. The molecule has 0 aliphatic heterocycles. The zero-order valence-electron chi connectivity index (χ0n) is 20.0. The van der Waals surface area contributed by atoms with Gasteiger partial charge in [-0.15, -0.1) is 0 Å². The molecule has 1 amide bonds. The Kier molecular flexibility index (Phi) is 8.60. The highest BCUT2D eigenvalue weighted by atomic mass is 16.5. The fourth-order valence-electron chi connectivity index (χ4n) is 3.83. The van der Waals surface area contributed by atoms with Crippen LogP contribution in [0.1, 0.15) is 49.4 Å². The summed E-state index contributed by atoms with van der Waals surface area (Å²) in [5.41, 5.74) is 2.54. The number of amides is 1. The third-order valence-electron chi connectivity index (χ3n) is 5.50. The molecular formula is C24H33N3O5. The van der Waals surface area contributed by atoms with Crippen LogP contribution in [-0.2, 0) is 11.3 Å². The van der Waals surface area contributed by atoms with E-state index in [-0.39, 0.29) is 18.2 Å². The average molecular weight is 444 g/mol. The molecule has 0 radical (unpaired) electrons. The Morgan fingerprint density at radius 1 is 1.06 bits per heavy atom. The molecule has 1 heterocycles. The van der Waals surface area contributed by atoms with Gasteiger partial charge in [0.2, 0.25) is 0 Å². The third kappa shape index (κ3) is 5.37. The second-order valence-corrected chi connectivity index (χ2v) is 7.85. The first-order valence-corrected chi connectivity index (χ1v) is 10.5. The van der Waals surface area contributed by atoms with Gasteiger partial charge in [0.15, 0.2) is 5.78 Å². The summed E-state index contributed by atoms with van der Waals surface area (Å²) in [4.78, 5) is 42.5. The Morgan fingerprint density at radius 3 is 2.31 bits per heavy atom. The van der Waals surface area contributed by atoms with Crippen molar-refractivity contribution < 1.29 is 23.9 Å². The van der Waals surface area contributed by atoms with Gasteiger partial charge in [0, 0.05) is 36.5 Å². The summed E-state index contributed by atoms with van der Waals surface area (Å²) in [7, 11) is 6.68. The fraction of sp³-hybridized carbons (Fsp3) is 0.458. The first-order chi connectivity index (χ1) is 15.2. The summed E-state index contributed by atoms with van der Waals surface area (Å²) in [6.45, 7) is 6.87. The van der Waals surface area contributed by atoms with Crippen molar-refractivity contribution >= 4 is 17.7 Å². The lowest BCUT2D eigenvalue weighted by molar-refractivity contribution is 0.0587. The second kappa shape index (κ2) is 10.9. The van der Waals surface area contributed by atoms with Gasteiger partial charge >= 0.3 is 5.97 Å². The predicted molar refractivity (Wildman–Crippen MR) is 123 cm³/mol. The van der Waals surface area contributed by atoms with Crippen LogP contribution in [0.3, 0.4) is 0 Å². The topological polar surface area (TPSA) is 81.1 Å². The number of methoxy groups -OCH3 is 2. The number of aromatic nitrogens is 1. The standard InChI is InChI=1S/C24H33N3O5/c1-8-27-17(3)21(16(2)22(27)24(30)32-7)20(28)15-26(13-12-25(4)5)23(29)18-10-9-11-19(14-18)31-6/h9-11,14H,8,12-13,15H2,1-7H3. The minimum atomic E-state index is -0.483. The normalized spacial score (nSPS) is 10.9. The van der Waals surface area contributed by atoms with Crippen LogP contribution in [-0.4, -0.2) is 80.0 Å². The van der Waals surface area contributed by atoms with E-state index >= 15 is 0 Å². The largest absolute Gasteiger partial charge is 0.497 e. The van der Waals surface area contributed by atoms with Crippen molar-refractivity contribution in [1.29, 1.82) is 0 Å². The van der Waals surface area contributed by atoms with Crippen molar-refractivity contribution in [2.45, 2.75) is 27.3 Å². The third-order valence-corrected chi connectivity index (χ3v) is 5.50. The molecule has 1 aromatic heterocycles. The lowest BCUT2D eigenvalue weighted by atomic mass is 10.0. The highest BCUT2D eigenvalue weighted by Gasteiger charge is 2.28. The number of likely N-dealkylation sites (N-methyl/N-ethyl adjacent to an activating group) is 1. The number of carbonyl (C=O) groups excluding carboxylic acids is 3. The highest BCUT2D eigenvalue weighted by molar-refractivity contribution is 6.06. The predicted octanol–water partition coefficient (Wildman–Crippen LogP) is 2.81. The molecule has 2 rings (SSSR count). The molecule has 0 bridgehead atoms. The summed E-state index contributed by atoms with van der Waals surface area (Å²) in [5, 5.41) is 0. The number of esters is 1. The van der Waals surface area contributed by atoms with Gasteiger partial charge in [0.25, 0.3) is 5.91 Å². The van der Waals surface area contributed by atoms with E-state index in [0.29, 0.717) is 53.5 Å². The maximum absolute atomic E-state index is 13.4. The molecule has 0 aliphatic rings. The average Bonchev–Trinajstić information content (AvgIpc) is 3.04. The second-order valence-electron chi connectivity index (χ2n) is 7.85. The van der Waals surface area contributed by atoms with Crippen molar-refractivity contribution in [3.63, 3.8) is 0 Å². The fourth-order valence-corrected chi connectivity index (χ4v) is 3.83. The van der Waals surface area contributed by atoms with E-state index < -0.39 is 5.97 Å². The molecule has 0 saturated carbocycles. The molecule has 0 spiro atoms. The van der Waals surface area contributed by atoms with Crippen LogP contribution < -0.4 is 4.74 Å². The summed E-state index contributed by atoms with van der Waals surface area (Å²) < 4.78 is 11.9. The van der Waals surface area contributed by atoms with Crippen LogP contribution in [0.4, 0.5) is 0 Å². The lowest BCUT2D eigenvalue weighted by Crippen LogP contribution is -2.40. The van der Waals surface area contributed by atoms with E-state index in [1.165, 1.54) is 12.0 Å². The van der Waals surface area contributed by atoms with Crippen molar-refractivity contribution in [3.8, 4) is 5.75 Å². The number of nitrogens with zero attached hydrogens (tertiary/aromatic N) is 3. The quantitative estimate of drug-likeness (QED) is 0.415. The van der Waals surface area contributed by atoms with Gasteiger partial charge in [-0.25, -0.2) is 4.79 Å². The zero-order valence-corrected chi connectivity index (χ0v) is 20.0. The van der Waals surface area contributed by atoms with E-state index in [1.54, 1.807) is 42.9 Å². The zero-order chi connectivity index (χ0) is 24.0. The molecule has 174 valence electrons. The first kappa shape index (κ1) is 25.1. The minimum absolute atomic E-state index is 0.0973. The maximum Gasteiger partial charge on any atom is 0.354 e. The molecule has 8 nitrogen and oxygen atoms in total. The Morgan fingerprint density at radius 2 is 1.75 bits per heavy atom. The van der Waals surface area contributed by atoms with Gasteiger partial charge < -0.3 is 23.8 Å². The number of hydrogen-bond donors (Lipinski definition) is 0. The maximum atomic E-state index is 13.4. The van der Waals surface area contributed by atoms with Gasteiger partial charge in [0.1, 0.15) is 11.4 Å². The SMILES string of the molecule is CCn1c(C)c(C(=O)CN(CCN(C)C)C(=O)c2cccc(OC)c2)c(C)c1C(=O)OC. The number of Topliss-reactive ketones (excluding diaryl/α,β-unsaturated/α-hetero) is 1. The summed E-state index contributed by atoms with van der Waals surface area (Å²) >= 11 is 0. The van der Waals surface area contributed by atoms with Crippen molar-refractivity contribution in [3.05, 3.63) is 52.3 Å². The van der Waals surface area contributed by atoms with Gasteiger partial charge in [0.05, 0.1) is 20.8 Å². The Bertz CT molecular complexity index is 994. The van der Waals surface area contributed by atoms with Crippen LogP contribution in [0.2, 0.25) is 0 Å². The first-order valence-electron chi connectivity index (χ1n) is 10.5. The molecule has 32 heavy (non-hydrogen) atoms. The number of ether oxygens (including phenoxy) is 2. The van der Waals surface area contributed by atoms with Crippen LogP contribution in [0.25, 0.3) is 0 Å². The molecule has 1 aromatic carbocycles. The monoisotopic (exact) mass is 443 g/mol. The molecule has 0 fully saturated rings. The number of rotatable bonds is 10.